The van der Waals surface area contributed by atoms with Gasteiger partial charge in [0, 0.05) is 49.7 Å². The van der Waals surface area contributed by atoms with Crippen molar-refractivity contribution in [1.82, 2.24) is 4.57 Å². The monoisotopic (exact) mass is 828 g/mol. The second-order valence-corrected chi connectivity index (χ2v) is 16.9. The lowest BCUT2D eigenvalue weighted by molar-refractivity contribution is 0.670. The van der Waals surface area contributed by atoms with Gasteiger partial charge in [-0.3, -0.25) is 0 Å². The van der Waals surface area contributed by atoms with E-state index >= 15 is 0 Å². The Bertz CT molecular complexity index is 3880. The third-order valence-electron chi connectivity index (χ3n) is 13.2. The Morgan fingerprint density at radius 2 is 0.800 bits per heavy atom. The Morgan fingerprint density at radius 1 is 0.308 bits per heavy atom. The molecule has 0 fully saturated rings. The lowest BCUT2D eigenvalue weighted by Gasteiger charge is -2.26. The highest BCUT2D eigenvalue weighted by atomic mass is 16.3. The average Bonchev–Trinajstić information content (AvgIpc) is 3.93. The van der Waals surface area contributed by atoms with E-state index in [0.717, 1.165) is 72.5 Å². The SMILES string of the molecule is c1ccc(-n2c3ccccc3c3ccccc32)c(-c2ccc(N(c3ccc(-c4ccc(-c5cccc6c5oc5ccccc56)cc4)cc3)c3ccc4c(ccc5ccccc54)c3)cc2)c1. The maximum atomic E-state index is 6.38. The van der Waals surface area contributed by atoms with Crippen LogP contribution < -0.4 is 4.90 Å². The van der Waals surface area contributed by atoms with Crippen LogP contribution in [0, 0.1) is 0 Å². The lowest BCUT2D eigenvalue weighted by Crippen LogP contribution is -2.10. The van der Waals surface area contributed by atoms with Gasteiger partial charge in [0.2, 0.25) is 0 Å². The number of furan rings is 1. The van der Waals surface area contributed by atoms with Crippen molar-refractivity contribution in [2.45, 2.75) is 0 Å². The molecule has 0 aliphatic heterocycles. The van der Waals surface area contributed by atoms with Crippen molar-refractivity contribution in [3.63, 3.8) is 0 Å². The molecule has 0 aliphatic carbocycles. The first kappa shape index (κ1) is 36.9. The zero-order valence-electron chi connectivity index (χ0n) is 35.4. The Balaban J connectivity index is 0.882. The molecule has 0 unspecified atom stereocenters. The molecule has 0 N–H and O–H groups in total. The van der Waals surface area contributed by atoms with Gasteiger partial charge < -0.3 is 13.9 Å². The molecule has 2 heterocycles. The Hall–Kier alpha value is -8.66. The van der Waals surface area contributed by atoms with Crippen LogP contribution in [0.2, 0.25) is 0 Å². The van der Waals surface area contributed by atoms with E-state index in [4.69, 9.17) is 4.42 Å². The fraction of sp³-hybridized carbons (Fsp3) is 0. The molecule has 0 saturated heterocycles. The predicted octanol–water partition coefficient (Wildman–Crippen LogP) is 17.5. The number of benzene rings is 11. The van der Waals surface area contributed by atoms with Crippen molar-refractivity contribution in [2.75, 3.05) is 4.90 Å². The van der Waals surface area contributed by atoms with Gasteiger partial charge in [-0.1, -0.05) is 182 Å². The van der Waals surface area contributed by atoms with Gasteiger partial charge in [0.05, 0.1) is 16.7 Å². The molecule has 0 amide bonds. The molecule has 13 aromatic rings. The smallest absolute Gasteiger partial charge is 0.143 e. The van der Waals surface area contributed by atoms with Crippen LogP contribution in [-0.2, 0) is 0 Å². The van der Waals surface area contributed by atoms with Crippen LogP contribution >= 0.6 is 0 Å². The van der Waals surface area contributed by atoms with Crippen LogP contribution in [0.25, 0.3) is 104 Å². The first-order valence-electron chi connectivity index (χ1n) is 22.2. The Kier molecular flexibility index (Phi) is 8.53. The third-order valence-corrected chi connectivity index (χ3v) is 13.2. The second kappa shape index (κ2) is 15.0. The van der Waals surface area contributed by atoms with Crippen molar-refractivity contribution < 1.29 is 4.42 Å². The predicted molar refractivity (Wildman–Crippen MR) is 274 cm³/mol. The maximum absolute atomic E-state index is 6.38. The molecule has 2 aromatic heterocycles. The van der Waals surface area contributed by atoms with Gasteiger partial charge in [-0.25, -0.2) is 0 Å². The molecule has 3 nitrogen and oxygen atoms in total. The first-order valence-corrected chi connectivity index (χ1v) is 22.2. The molecule has 0 bridgehead atoms. The van der Waals surface area contributed by atoms with Crippen LogP contribution in [-0.4, -0.2) is 4.57 Å². The van der Waals surface area contributed by atoms with Crippen LogP contribution in [0.4, 0.5) is 17.1 Å². The number of rotatable bonds is 7. The van der Waals surface area contributed by atoms with Gasteiger partial charge in [-0.15, -0.1) is 0 Å². The summed E-state index contributed by atoms with van der Waals surface area (Å²) in [6.07, 6.45) is 0. The van der Waals surface area contributed by atoms with Gasteiger partial charge in [0.1, 0.15) is 11.2 Å². The molecule has 304 valence electrons. The van der Waals surface area contributed by atoms with E-state index in [1.807, 2.05) is 12.1 Å². The highest BCUT2D eigenvalue weighted by molar-refractivity contribution is 6.11. The van der Waals surface area contributed by atoms with Crippen LogP contribution in [0.15, 0.2) is 247 Å². The topological polar surface area (TPSA) is 21.3 Å². The molecule has 0 spiro atoms. The molecule has 3 heteroatoms. The molecular weight excluding hydrogens is 789 g/mol. The number of aromatic nitrogens is 1. The summed E-state index contributed by atoms with van der Waals surface area (Å²) in [6, 6.07) is 87.7. The van der Waals surface area contributed by atoms with E-state index in [1.165, 1.54) is 48.9 Å². The average molecular weight is 829 g/mol. The van der Waals surface area contributed by atoms with E-state index in [0.29, 0.717) is 0 Å². The summed E-state index contributed by atoms with van der Waals surface area (Å²) in [5, 5.41) is 9.76. The standard InChI is InChI=1S/C62H40N2O/c1-2-13-50-43(12-1)28-29-46-40-49(38-39-51(46)50)63(47-34-30-42(31-35-47)41-24-26-45(27-25-41)53-18-11-19-57-56-17-6-10-23-61(56)65-62(53)57)48-36-32-44(33-37-48)52-14-3-7-20-58(52)64-59-21-8-4-15-54(59)55-16-5-9-22-60(55)64/h1-40H. The van der Waals surface area contributed by atoms with E-state index in [9.17, 15) is 0 Å². The summed E-state index contributed by atoms with van der Waals surface area (Å²) in [6.45, 7) is 0. The van der Waals surface area contributed by atoms with Gasteiger partial charge >= 0.3 is 0 Å². The number of anilines is 3. The minimum atomic E-state index is 0.912. The quantitative estimate of drug-likeness (QED) is 0.149. The summed E-state index contributed by atoms with van der Waals surface area (Å²) in [4.78, 5) is 2.37. The molecule has 0 radical (unpaired) electrons. The van der Waals surface area contributed by atoms with E-state index in [1.54, 1.807) is 0 Å². The number of fused-ring (bicyclic) bond motifs is 9. The molecular formula is C62H40N2O. The van der Waals surface area contributed by atoms with E-state index in [2.05, 4.69) is 240 Å². The van der Waals surface area contributed by atoms with Crippen molar-refractivity contribution in [3.05, 3.63) is 243 Å². The maximum Gasteiger partial charge on any atom is 0.143 e. The van der Waals surface area contributed by atoms with Gasteiger partial charge in [0.15, 0.2) is 0 Å². The Labute approximate surface area is 376 Å². The summed E-state index contributed by atoms with van der Waals surface area (Å²) in [5.41, 5.74) is 15.5. The molecule has 11 aromatic carbocycles. The molecule has 0 aliphatic rings. The van der Waals surface area contributed by atoms with Crippen LogP contribution in [0.1, 0.15) is 0 Å². The van der Waals surface area contributed by atoms with Gasteiger partial charge in [-0.2, -0.15) is 0 Å². The van der Waals surface area contributed by atoms with Crippen molar-refractivity contribution >= 4 is 82.4 Å². The fourth-order valence-electron chi connectivity index (χ4n) is 10.1. The van der Waals surface area contributed by atoms with Gasteiger partial charge in [0.25, 0.3) is 0 Å². The van der Waals surface area contributed by atoms with Crippen LogP contribution in [0.5, 0.6) is 0 Å². The lowest BCUT2D eigenvalue weighted by atomic mass is 9.98. The largest absolute Gasteiger partial charge is 0.455 e. The number of para-hydroxylation sites is 5. The fourth-order valence-corrected chi connectivity index (χ4v) is 10.1. The summed E-state index contributed by atoms with van der Waals surface area (Å²) < 4.78 is 8.79. The molecule has 65 heavy (non-hydrogen) atoms. The first-order chi connectivity index (χ1) is 32.2. The minimum Gasteiger partial charge on any atom is -0.455 e. The highest BCUT2D eigenvalue weighted by Crippen LogP contribution is 2.42. The number of nitrogens with zero attached hydrogens (tertiary/aromatic N) is 2. The summed E-state index contributed by atoms with van der Waals surface area (Å²) in [7, 11) is 0. The van der Waals surface area contributed by atoms with Gasteiger partial charge in [-0.05, 0) is 104 Å². The summed E-state index contributed by atoms with van der Waals surface area (Å²) in [5.74, 6) is 0. The Morgan fingerprint density at radius 3 is 1.54 bits per heavy atom. The van der Waals surface area contributed by atoms with Crippen molar-refractivity contribution in [1.29, 1.82) is 0 Å². The van der Waals surface area contributed by atoms with Crippen molar-refractivity contribution in [2.24, 2.45) is 0 Å². The highest BCUT2D eigenvalue weighted by Gasteiger charge is 2.18. The van der Waals surface area contributed by atoms with Crippen LogP contribution in [0.3, 0.4) is 0 Å². The zero-order chi connectivity index (χ0) is 42.8. The normalized spacial score (nSPS) is 11.7. The number of hydrogen-bond acceptors (Lipinski definition) is 2. The zero-order valence-corrected chi connectivity index (χ0v) is 35.4. The van der Waals surface area contributed by atoms with E-state index < -0.39 is 0 Å². The molecule has 13 rings (SSSR count). The van der Waals surface area contributed by atoms with Crippen molar-refractivity contribution in [3.8, 4) is 39.1 Å². The molecule has 0 saturated carbocycles. The van der Waals surface area contributed by atoms with E-state index in [-0.39, 0.29) is 0 Å². The second-order valence-electron chi connectivity index (χ2n) is 16.9. The summed E-state index contributed by atoms with van der Waals surface area (Å²) >= 11 is 0. The third kappa shape index (κ3) is 6.12. The number of hydrogen-bond donors (Lipinski definition) is 0. The minimum absolute atomic E-state index is 0.912. The molecule has 0 atom stereocenters.